The maximum atomic E-state index is 14.0. The summed E-state index contributed by atoms with van der Waals surface area (Å²) in [4.78, 5) is 22.4. The molecule has 5 rings (SSSR count). The van der Waals surface area contributed by atoms with E-state index in [4.69, 9.17) is 17.3 Å². The second kappa shape index (κ2) is 8.39. The van der Waals surface area contributed by atoms with Crippen molar-refractivity contribution in [2.24, 2.45) is 0 Å². The number of hydrogen-bond donors (Lipinski definition) is 2. The minimum absolute atomic E-state index is 0.0327. The standard InChI is InChI=1S/C25H20ClFN6O/c1-14-11-18(12-15(2)29-14)20-22(16-7-4-3-5-8-16)30-24(28)33-23(20)31-32(25(33)34)13-17-9-6-10-19(27)21(17)26/h3-12H,13H2,1-2H3,(H2,28,29,30,31)/p+1. The van der Waals surface area contributed by atoms with Gasteiger partial charge in [-0.05, 0) is 37.6 Å². The average Bonchev–Trinajstić information content (AvgIpc) is 3.13. The van der Waals surface area contributed by atoms with Crippen molar-refractivity contribution < 1.29 is 8.79 Å². The van der Waals surface area contributed by atoms with E-state index in [-0.39, 0.29) is 17.5 Å². The Bertz CT molecular complexity index is 1590. The molecule has 0 aliphatic rings. The van der Waals surface area contributed by atoms with Gasteiger partial charge in [0.25, 0.3) is 0 Å². The number of aromatic amines is 1. The van der Waals surface area contributed by atoms with E-state index in [2.05, 4.69) is 15.1 Å². The number of aromatic nitrogens is 5. The lowest BCUT2D eigenvalue weighted by molar-refractivity contribution is -0.516. The Labute approximate surface area is 199 Å². The van der Waals surface area contributed by atoms with Gasteiger partial charge in [-0.2, -0.15) is 4.68 Å². The maximum Gasteiger partial charge on any atom is 0.428 e. The van der Waals surface area contributed by atoms with Gasteiger partial charge in [0.1, 0.15) is 18.1 Å². The molecule has 0 aliphatic carbocycles. The van der Waals surface area contributed by atoms with Crippen LogP contribution in [0.15, 0.2) is 65.5 Å². The Balaban J connectivity index is 1.82. The van der Waals surface area contributed by atoms with Gasteiger partial charge in [-0.25, -0.2) is 14.3 Å². The van der Waals surface area contributed by atoms with Gasteiger partial charge in [0.05, 0.1) is 10.6 Å². The average molecular weight is 476 g/mol. The molecule has 0 unspecified atom stereocenters. The second-order valence-corrected chi connectivity index (χ2v) is 8.45. The van der Waals surface area contributed by atoms with Crippen molar-refractivity contribution in [3.63, 3.8) is 0 Å². The molecule has 34 heavy (non-hydrogen) atoms. The summed E-state index contributed by atoms with van der Waals surface area (Å²) >= 11 is 6.14. The molecular formula is C25H21ClFN6O+. The minimum atomic E-state index is -0.549. The van der Waals surface area contributed by atoms with Crippen molar-refractivity contribution in [2.45, 2.75) is 20.4 Å². The first-order valence-electron chi connectivity index (χ1n) is 10.6. The third-order valence-electron chi connectivity index (χ3n) is 5.59. The molecule has 0 aliphatic heterocycles. The van der Waals surface area contributed by atoms with E-state index in [1.165, 1.54) is 15.1 Å². The van der Waals surface area contributed by atoms with Crippen molar-refractivity contribution in [1.29, 1.82) is 0 Å². The number of fused-ring (bicyclic) bond motifs is 1. The molecule has 3 heterocycles. The number of halogens is 2. The second-order valence-electron chi connectivity index (χ2n) is 8.08. The van der Waals surface area contributed by atoms with Crippen molar-refractivity contribution in [2.75, 3.05) is 5.73 Å². The molecule has 0 fully saturated rings. The zero-order chi connectivity index (χ0) is 24.0. The first-order valence-corrected chi connectivity index (χ1v) is 11.0. The Morgan fingerprint density at radius 2 is 1.74 bits per heavy atom. The number of hydrogen-bond acceptors (Lipinski definition) is 4. The number of benzene rings is 2. The molecule has 5 aromatic rings. The van der Waals surface area contributed by atoms with Crippen molar-refractivity contribution in [3.05, 3.63) is 98.9 Å². The van der Waals surface area contributed by atoms with E-state index >= 15 is 0 Å². The van der Waals surface area contributed by atoms with Crippen LogP contribution in [0.3, 0.4) is 0 Å². The summed E-state index contributed by atoms with van der Waals surface area (Å²) in [7, 11) is 0. The fraction of sp³-hybridized carbons (Fsp3) is 0.120. The Kier molecular flexibility index (Phi) is 5.37. The highest BCUT2D eigenvalue weighted by Crippen LogP contribution is 2.33. The summed E-state index contributed by atoms with van der Waals surface area (Å²) in [5, 5.41) is 3.13. The highest BCUT2D eigenvalue weighted by molar-refractivity contribution is 6.31. The molecule has 3 N–H and O–H groups in total. The zero-order valence-corrected chi connectivity index (χ0v) is 19.3. The Hall–Kier alpha value is -4.04. The fourth-order valence-electron chi connectivity index (χ4n) is 4.16. The van der Waals surface area contributed by atoms with E-state index in [1.54, 1.807) is 12.1 Å². The number of anilines is 1. The van der Waals surface area contributed by atoms with Gasteiger partial charge in [0.2, 0.25) is 5.65 Å². The first-order chi connectivity index (χ1) is 16.3. The van der Waals surface area contributed by atoms with E-state index in [0.717, 1.165) is 22.5 Å². The van der Waals surface area contributed by atoms with E-state index < -0.39 is 11.5 Å². The van der Waals surface area contributed by atoms with Crippen LogP contribution >= 0.6 is 11.6 Å². The quantitative estimate of drug-likeness (QED) is 0.383. The van der Waals surface area contributed by atoms with Crippen LogP contribution in [0.1, 0.15) is 17.0 Å². The lowest BCUT2D eigenvalue weighted by atomic mass is 9.99. The van der Waals surface area contributed by atoms with Crippen molar-refractivity contribution in [3.8, 4) is 22.4 Å². The van der Waals surface area contributed by atoms with Gasteiger partial charge in [-0.3, -0.25) is 4.98 Å². The van der Waals surface area contributed by atoms with Crippen LogP contribution in [-0.2, 0) is 6.54 Å². The number of H-pyrrole nitrogens is 1. The van der Waals surface area contributed by atoms with Gasteiger partial charge < -0.3 is 5.73 Å². The van der Waals surface area contributed by atoms with Crippen LogP contribution in [-0.4, -0.2) is 19.7 Å². The Morgan fingerprint density at radius 1 is 1.03 bits per heavy atom. The van der Waals surface area contributed by atoms with Gasteiger partial charge in [-0.15, -0.1) is 9.38 Å². The zero-order valence-electron chi connectivity index (χ0n) is 18.5. The van der Waals surface area contributed by atoms with Crippen LogP contribution in [0.2, 0.25) is 5.02 Å². The molecule has 0 atom stereocenters. The first kappa shape index (κ1) is 21.8. The van der Waals surface area contributed by atoms with Crippen LogP contribution in [0.4, 0.5) is 10.3 Å². The molecule has 170 valence electrons. The van der Waals surface area contributed by atoms with Gasteiger partial charge in [-0.1, -0.05) is 54.1 Å². The lowest BCUT2D eigenvalue weighted by Gasteiger charge is -2.10. The molecule has 0 amide bonds. The number of pyridine rings is 1. The summed E-state index contributed by atoms with van der Waals surface area (Å²) < 4.78 is 16.6. The number of nitrogens with two attached hydrogens (primary N) is 1. The fourth-order valence-corrected chi connectivity index (χ4v) is 4.35. The number of aryl methyl sites for hydroxylation is 2. The van der Waals surface area contributed by atoms with Crippen molar-refractivity contribution in [1.82, 2.24) is 19.7 Å². The number of rotatable bonds is 4. The van der Waals surface area contributed by atoms with Gasteiger partial charge >= 0.3 is 11.6 Å². The largest absolute Gasteiger partial charge is 0.428 e. The summed E-state index contributed by atoms with van der Waals surface area (Å²) in [5.41, 5.74) is 11.4. The van der Waals surface area contributed by atoms with Gasteiger partial charge in [0, 0.05) is 22.5 Å². The maximum absolute atomic E-state index is 14.0. The summed E-state index contributed by atoms with van der Waals surface area (Å²) in [6.45, 7) is 3.85. The summed E-state index contributed by atoms with van der Waals surface area (Å²) in [5.74, 6) is -0.516. The predicted octanol–water partition coefficient (Wildman–Crippen LogP) is 4.08. The third-order valence-corrected chi connectivity index (χ3v) is 6.02. The summed E-state index contributed by atoms with van der Waals surface area (Å²) in [6, 6.07) is 18.0. The molecule has 0 saturated heterocycles. The molecule has 3 aromatic heterocycles. The lowest BCUT2D eigenvalue weighted by Crippen LogP contribution is -2.44. The highest BCUT2D eigenvalue weighted by Gasteiger charge is 2.26. The van der Waals surface area contributed by atoms with Crippen LogP contribution in [0.25, 0.3) is 28.0 Å². The molecular weight excluding hydrogens is 455 g/mol. The van der Waals surface area contributed by atoms with E-state index in [0.29, 0.717) is 22.5 Å². The van der Waals surface area contributed by atoms with E-state index in [9.17, 15) is 9.18 Å². The smallest absolute Gasteiger partial charge is 0.319 e. The molecule has 0 saturated carbocycles. The molecule has 2 aromatic carbocycles. The van der Waals surface area contributed by atoms with Crippen molar-refractivity contribution >= 4 is 23.2 Å². The number of nitrogen functional groups attached to an aromatic ring is 1. The van der Waals surface area contributed by atoms with Gasteiger partial charge in [0.15, 0.2) is 0 Å². The summed E-state index contributed by atoms with van der Waals surface area (Å²) in [6.07, 6.45) is 0. The predicted molar refractivity (Wildman–Crippen MR) is 129 cm³/mol. The molecule has 0 bridgehead atoms. The molecule has 7 nitrogen and oxygen atoms in total. The van der Waals surface area contributed by atoms with Crippen LogP contribution in [0, 0.1) is 19.7 Å². The van der Waals surface area contributed by atoms with Crippen LogP contribution < -0.4 is 15.8 Å². The minimum Gasteiger partial charge on any atom is -0.319 e. The highest BCUT2D eigenvalue weighted by atomic mass is 35.5. The molecule has 9 heteroatoms. The SMILES string of the molecule is Cc1cc(-c2c(-c3ccccc3)nc(N)[n+]3c(=O)n(Cc4cccc(F)c4Cl)[nH]c23)cc(C)n1. The van der Waals surface area contributed by atoms with Crippen LogP contribution in [0.5, 0.6) is 0 Å². The third kappa shape index (κ3) is 3.72. The monoisotopic (exact) mass is 475 g/mol. The normalized spacial score (nSPS) is 11.3. The molecule has 0 spiro atoms. The molecule has 0 radical (unpaired) electrons. The number of nitrogens with one attached hydrogen (secondary N) is 1. The Morgan fingerprint density at radius 3 is 2.44 bits per heavy atom. The topological polar surface area (TPSA) is 93.7 Å². The number of nitrogens with zero attached hydrogens (tertiary/aromatic N) is 4. The van der Waals surface area contributed by atoms with E-state index in [1.807, 2.05) is 56.3 Å².